The van der Waals surface area contributed by atoms with E-state index in [9.17, 15) is 4.79 Å². The first-order valence-electron chi connectivity index (χ1n) is 8.55. The van der Waals surface area contributed by atoms with Gasteiger partial charge in [0, 0.05) is 14.0 Å². The number of methoxy groups -OCH3 is 1. The van der Waals surface area contributed by atoms with E-state index in [1.54, 1.807) is 7.11 Å². The van der Waals surface area contributed by atoms with Gasteiger partial charge >= 0.3 is 5.97 Å². The maximum atomic E-state index is 11.4. The van der Waals surface area contributed by atoms with Crippen LogP contribution in [0.3, 0.4) is 0 Å². The van der Waals surface area contributed by atoms with Gasteiger partial charge in [-0.1, -0.05) is 20.8 Å². The number of nitrogens with zero attached hydrogens (tertiary/aromatic N) is 1. The molecule has 1 heterocycles. The molecule has 0 bridgehead atoms. The van der Waals surface area contributed by atoms with Gasteiger partial charge in [0.15, 0.2) is 20.7 Å². The zero-order valence-corrected chi connectivity index (χ0v) is 17.7. The van der Waals surface area contributed by atoms with Crippen LogP contribution in [-0.4, -0.2) is 71.5 Å². The molecule has 0 amide bonds. The Morgan fingerprint density at radius 3 is 2.29 bits per heavy atom. The number of hydrogen-bond donors (Lipinski definition) is 0. The second-order valence-electron chi connectivity index (χ2n) is 8.27. The van der Waals surface area contributed by atoms with Crippen molar-refractivity contribution in [1.29, 1.82) is 0 Å². The summed E-state index contributed by atoms with van der Waals surface area (Å²) >= 11 is 0. The molecule has 0 N–H and O–H groups in total. The van der Waals surface area contributed by atoms with Crippen LogP contribution in [0.4, 0.5) is 0 Å². The molecule has 1 aliphatic heterocycles. The molecule has 0 aliphatic carbocycles. The standard InChI is InChI=1S/C17H35NO5Si/c1-12(19)22-15-14(18(5)6)10-13(23-16(15)20-7)11-21-24(8,9)17(2,3)4/h13-16H,10-11H2,1-9H3/t13-,14-,15+,16+/m0/s1. The minimum Gasteiger partial charge on any atom is -0.455 e. The molecule has 1 saturated heterocycles. The topological polar surface area (TPSA) is 57.2 Å². The predicted octanol–water partition coefficient (Wildman–Crippen LogP) is 2.63. The molecule has 0 saturated carbocycles. The lowest BCUT2D eigenvalue weighted by Gasteiger charge is -2.44. The number of ether oxygens (including phenoxy) is 3. The average Bonchev–Trinajstić information content (AvgIpc) is 2.43. The van der Waals surface area contributed by atoms with E-state index in [0.717, 1.165) is 6.42 Å². The van der Waals surface area contributed by atoms with Gasteiger partial charge in [0.2, 0.25) is 0 Å². The van der Waals surface area contributed by atoms with Crippen LogP contribution in [-0.2, 0) is 23.4 Å². The van der Waals surface area contributed by atoms with Gasteiger partial charge in [-0.2, -0.15) is 0 Å². The van der Waals surface area contributed by atoms with Crippen molar-refractivity contribution in [3.8, 4) is 0 Å². The van der Waals surface area contributed by atoms with Crippen molar-refractivity contribution in [2.24, 2.45) is 0 Å². The molecule has 142 valence electrons. The molecule has 1 rings (SSSR count). The van der Waals surface area contributed by atoms with Crippen LogP contribution in [0.2, 0.25) is 18.1 Å². The first-order valence-corrected chi connectivity index (χ1v) is 11.5. The van der Waals surface area contributed by atoms with E-state index in [1.165, 1.54) is 6.92 Å². The second-order valence-corrected chi connectivity index (χ2v) is 13.1. The summed E-state index contributed by atoms with van der Waals surface area (Å²) in [7, 11) is 3.70. The summed E-state index contributed by atoms with van der Waals surface area (Å²) in [5.74, 6) is -0.325. The third-order valence-corrected chi connectivity index (χ3v) is 9.61. The van der Waals surface area contributed by atoms with Gasteiger partial charge in [-0.05, 0) is 38.6 Å². The Hall–Kier alpha value is -0.473. The SMILES string of the molecule is CO[C@@H]1O[C@H](CO[Si](C)(C)C(C)(C)C)C[C@H](N(C)C)[C@H]1OC(C)=O. The van der Waals surface area contributed by atoms with Crippen molar-refractivity contribution < 1.29 is 23.4 Å². The average molecular weight is 362 g/mol. The third kappa shape index (κ3) is 5.52. The molecule has 0 aromatic heterocycles. The lowest BCUT2D eigenvalue weighted by Crippen LogP contribution is -2.57. The van der Waals surface area contributed by atoms with Crippen LogP contribution in [0, 0.1) is 0 Å². The maximum absolute atomic E-state index is 11.4. The van der Waals surface area contributed by atoms with Crippen molar-refractivity contribution in [1.82, 2.24) is 4.90 Å². The highest BCUT2D eigenvalue weighted by Crippen LogP contribution is 2.37. The number of hydrogen-bond acceptors (Lipinski definition) is 6. The smallest absolute Gasteiger partial charge is 0.303 e. The van der Waals surface area contributed by atoms with Gasteiger partial charge in [0.05, 0.1) is 18.8 Å². The van der Waals surface area contributed by atoms with Crippen LogP contribution >= 0.6 is 0 Å². The Balaban J connectivity index is 2.81. The molecule has 0 unspecified atom stereocenters. The highest BCUT2D eigenvalue weighted by Gasteiger charge is 2.44. The largest absolute Gasteiger partial charge is 0.455 e. The number of carbonyl (C=O) groups is 1. The van der Waals surface area contributed by atoms with Crippen molar-refractivity contribution in [3.63, 3.8) is 0 Å². The maximum Gasteiger partial charge on any atom is 0.303 e. The molecule has 24 heavy (non-hydrogen) atoms. The Morgan fingerprint density at radius 1 is 1.29 bits per heavy atom. The van der Waals surface area contributed by atoms with E-state index >= 15 is 0 Å². The third-order valence-electron chi connectivity index (χ3n) is 5.11. The quantitative estimate of drug-likeness (QED) is 0.535. The van der Waals surface area contributed by atoms with Crippen molar-refractivity contribution in [2.45, 2.75) is 76.8 Å². The Labute approximate surface area is 147 Å². The fourth-order valence-electron chi connectivity index (χ4n) is 2.55. The fourth-order valence-corrected chi connectivity index (χ4v) is 3.59. The number of esters is 1. The van der Waals surface area contributed by atoms with E-state index in [1.807, 2.05) is 14.1 Å². The summed E-state index contributed by atoms with van der Waals surface area (Å²) in [6.45, 7) is 13.1. The van der Waals surface area contributed by atoms with E-state index in [2.05, 4.69) is 38.8 Å². The molecular formula is C17H35NO5Si. The van der Waals surface area contributed by atoms with Gasteiger partial charge in [-0.25, -0.2) is 0 Å². The molecule has 6 nitrogen and oxygen atoms in total. The van der Waals surface area contributed by atoms with Gasteiger partial charge in [0.25, 0.3) is 0 Å². The number of rotatable bonds is 6. The summed E-state index contributed by atoms with van der Waals surface area (Å²) in [6, 6.07) is 0.0283. The lowest BCUT2D eigenvalue weighted by molar-refractivity contribution is -0.257. The van der Waals surface area contributed by atoms with E-state index in [4.69, 9.17) is 18.6 Å². The molecule has 0 radical (unpaired) electrons. The highest BCUT2D eigenvalue weighted by atomic mass is 28.4. The van der Waals surface area contributed by atoms with Crippen LogP contribution in [0.5, 0.6) is 0 Å². The molecule has 1 fully saturated rings. The first-order chi connectivity index (χ1) is 10.9. The minimum absolute atomic E-state index is 0.0283. The summed E-state index contributed by atoms with van der Waals surface area (Å²) in [6.07, 6.45) is -0.364. The van der Waals surface area contributed by atoms with Crippen LogP contribution in [0.25, 0.3) is 0 Å². The summed E-state index contributed by atoms with van der Waals surface area (Å²) < 4.78 is 23.2. The van der Waals surface area contributed by atoms with Crippen molar-refractivity contribution >= 4 is 14.3 Å². The second kappa shape index (κ2) is 8.27. The van der Waals surface area contributed by atoms with Crippen LogP contribution in [0.15, 0.2) is 0 Å². The lowest BCUT2D eigenvalue weighted by atomic mass is 9.98. The molecular weight excluding hydrogens is 326 g/mol. The summed E-state index contributed by atoms with van der Waals surface area (Å²) in [5, 5.41) is 0.156. The minimum atomic E-state index is -1.83. The van der Waals surface area contributed by atoms with Crippen LogP contribution < -0.4 is 0 Å². The zero-order chi connectivity index (χ0) is 18.7. The molecule has 0 aromatic rings. The Bertz CT molecular complexity index is 422. The van der Waals surface area contributed by atoms with Gasteiger partial charge in [-0.3, -0.25) is 4.79 Å². The summed E-state index contributed by atoms with van der Waals surface area (Å²) in [5.41, 5.74) is 0. The first kappa shape index (κ1) is 21.6. The van der Waals surface area contributed by atoms with Crippen molar-refractivity contribution in [3.05, 3.63) is 0 Å². The monoisotopic (exact) mass is 361 g/mol. The predicted molar refractivity (Wildman–Crippen MR) is 96.5 cm³/mol. The van der Waals surface area contributed by atoms with E-state index < -0.39 is 20.7 Å². The van der Waals surface area contributed by atoms with Gasteiger partial charge in [-0.15, -0.1) is 0 Å². The van der Waals surface area contributed by atoms with Gasteiger partial charge in [0.1, 0.15) is 0 Å². The number of likely N-dealkylation sites (N-methyl/N-ethyl adjacent to an activating group) is 1. The Morgan fingerprint density at radius 2 is 1.88 bits per heavy atom. The molecule has 1 aliphatic rings. The van der Waals surface area contributed by atoms with Crippen molar-refractivity contribution in [2.75, 3.05) is 27.8 Å². The number of carbonyl (C=O) groups excluding carboxylic acids is 1. The highest BCUT2D eigenvalue weighted by molar-refractivity contribution is 6.74. The molecule has 0 aromatic carbocycles. The fraction of sp³-hybridized carbons (Fsp3) is 0.941. The molecule has 7 heteroatoms. The van der Waals surface area contributed by atoms with E-state index in [0.29, 0.717) is 6.61 Å². The Kier molecular flexibility index (Phi) is 7.43. The van der Waals surface area contributed by atoms with Crippen LogP contribution in [0.1, 0.15) is 34.1 Å². The molecule has 4 atom stereocenters. The normalized spacial score (nSPS) is 28.9. The summed E-state index contributed by atoms with van der Waals surface area (Å²) in [4.78, 5) is 13.5. The zero-order valence-electron chi connectivity index (χ0n) is 16.7. The van der Waals surface area contributed by atoms with Gasteiger partial charge < -0.3 is 23.5 Å². The van der Waals surface area contributed by atoms with E-state index in [-0.39, 0.29) is 23.2 Å². The molecule has 0 spiro atoms.